The molecule has 1 aromatic heterocycles. The maximum atomic E-state index is 9.32. The van der Waals surface area contributed by atoms with Crippen LogP contribution in [0.15, 0.2) is 16.7 Å². The van der Waals surface area contributed by atoms with Crippen molar-refractivity contribution in [2.45, 2.75) is 19.8 Å². The number of nitrogens with zero attached hydrogens (tertiary/aromatic N) is 1. The fourth-order valence-corrected chi connectivity index (χ4v) is 1.40. The molecule has 4 nitrogen and oxygen atoms in total. The standard InChI is InChI=1S/C10H11NO3/c1-5(2)10-6-3-7(12)8(13)4-9(6)14-11-10/h3-5,12-13H,1-2H3. The first-order valence-electron chi connectivity index (χ1n) is 4.41. The zero-order valence-electron chi connectivity index (χ0n) is 7.98. The molecule has 0 bridgehead atoms. The van der Waals surface area contributed by atoms with Crippen molar-refractivity contribution in [2.75, 3.05) is 0 Å². The van der Waals surface area contributed by atoms with Crippen molar-refractivity contribution in [1.82, 2.24) is 5.16 Å². The Hall–Kier alpha value is -1.71. The Bertz CT molecular complexity index is 473. The molecule has 0 fully saturated rings. The summed E-state index contributed by atoms with van der Waals surface area (Å²) < 4.78 is 5.03. The van der Waals surface area contributed by atoms with E-state index < -0.39 is 0 Å². The van der Waals surface area contributed by atoms with Gasteiger partial charge in [0.05, 0.1) is 5.69 Å². The molecule has 0 atom stereocenters. The zero-order valence-corrected chi connectivity index (χ0v) is 7.98. The summed E-state index contributed by atoms with van der Waals surface area (Å²) in [4.78, 5) is 0. The summed E-state index contributed by atoms with van der Waals surface area (Å²) in [6.45, 7) is 3.97. The molecule has 0 saturated carbocycles. The van der Waals surface area contributed by atoms with E-state index in [1.165, 1.54) is 12.1 Å². The fourth-order valence-electron chi connectivity index (χ4n) is 1.40. The van der Waals surface area contributed by atoms with Crippen LogP contribution in [0.2, 0.25) is 0 Å². The van der Waals surface area contributed by atoms with E-state index in [-0.39, 0.29) is 17.4 Å². The molecule has 74 valence electrons. The third-order valence-electron chi connectivity index (χ3n) is 2.14. The van der Waals surface area contributed by atoms with Crippen LogP contribution in [0.1, 0.15) is 25.5 Å². The van der Waals surface area contributed by atoms with Crippen LogP contribution in [0.5, 0.6) is 11.5 Å². The maximum absolute atomic E-state index is 9.32. The quantitative estimate of drug-likeness (QED) is 0.682. The predicted octanol–water partition coefficient (Wildman–Crippen LogP) is 2.36. The molecule has 1 aromatic carbocycles. The van der Waals surface area contributed by atoms with E-state index in [1.807, 2.05) is 13.8 Å². The van der Waals surface area contributed by atoms with Gasteiger partial charge in [-0.1, -0.05) is 19.0 Å². The first-order valence-corrected chi connectivity index (χ1v) is 4.41. The minimum atomic E-state index is -0.191. The van der Waals surface area contributed by atoms with Crippen molar-refractivity contribution in [3.63, 3.8) is 0 Å². The molecule has 0 aliphatic carbocycles. The molecule has 0 aliphatic heterocycles. The minimum Gasteiger partial charge on any atom is -0.504 e. The Labute approximate surface area is 80.8 Å². The lowest BCUT2D eigenvalue weighted by atomic mass is 10.1. The molecule has 2 rings (SSSR count). The van der Waals surface area contributed by atoms with Crippen molar-refractivity contribution in [2.24, 2.45) is 0 Å². The average molecular weight is 193 g/mol. The minimum absolute atomic E-state index is 0.150. The van der Waals surface area contributed by atoms with Crippen molar-refractivity contribution < 1.29 is 14.7 Å². The number of benzene rings is 1. The second kappa shape index (κ2) is 2.90. The maximum Gasteiger partial charge on any atom is 0.171 e. The summed E-state index contributed by atoms with van der Waals surface area (Å²) in [6.07, 6.45) is 0. The van der Waals surface area contributed by atoms with Crippen molar-refractivity contribution in [3.05, 3.63) is 17.8 Å². The molecule has 0 amide bonds. The molecule has 0 aliphatic rings. The number of fused-ring (bicyclic) bond motifs is 1. The first-order chi connectivity index (χ1) is 6.59. The second-order valence-corrected chi connectivity index (χ2v) is 3.56. The number of phenolic OH excluding ortho intramolecular Hbond substituents is 2. The van der Waals surface area contributed by atoms with Gasteiger partial charge in [0, 0.05) is 11.5 Å². The van der Waals surface area contributed by atoms with Crippen LogP contribution in [0.25, 0.3) is 11.0 Å². The van der Waals surface area contributed by atoms with Crippen LogP contribution in [-0.2, 0) is 0 Å². The zero-order chi connectivity index (χ0) is 10.3. The van der Waals surface area contributed by atoms with Gasteiger partial charge in [0.25, 0.3) is 0 Å². The summed E-state index contributed by atoms with van der Waals surface area (Å²) in [5.74, 6) is -0.119. The highest BCUT2D eigenvalue weighted by molar-refractivity contribution is 5.83. The predicted molar refractivity (Wildman–Crippen MR) is 51.4 cm³/mol. The largest absolute Gasteiger partial charge is 0.504 e. The van der Waals surface area contributed by atoms with Gasteiger partial charge in [-0.05, 0) is 12.0 Å². The van der Waals surface area contributed by atoms with E-state index in [0.29, 0.717) is 5.58 Å². The normalized spacial score (nSPS) is 11.4. The Morgan fingerprint density at radius 3 is 2.50 bits per heavy atom. The lowest BCUT2D eigenvalue weighted by molar-refractivity contribution is 0.401. The van der Waals surface area contributed by atoms with E-state index in [1.54, 1.807) is 0 Å². The van der Waals surface area contributed by atoms with Gasteiger partial charge in [-0.25, -0.2) is 0 Å². The molecular formula is C10H11NO3. The number of hydrogen-bond acceptors (Lipinski definition) is 4. The smallest absolute Gasteiger partial charge is 0.171 e. The molecule has 4 heteroatoms. The molecule has 2 N–H and O–H groups in total. The van der Waals surface area contributed by atoms with Crippen LogP contribution >= 0.6 is 0 Å². The van der Waals surface area contributed by atoms with Gasteiger partial charge in [-0.2, -0.15) is 0 Å². The molecule has 1 heterocycles. The highest BCUT2D eigenvalue weighted by Crippen LogP contribution is 2.33. The SMILES string of the molecule is CC(C)c1noc2cc(O)c(O)cc12. The average Bonchev–Trinajstić information content (AvgIpc) is 2.48. The Morgan fingerprint density at radius 2 is 1.86 bits per heavy atom. The highest BCUT2D eigenvalue weighted by atomic mass is 16.5. The first kappa shape index (κ1) is 8.87. The summed E-state index contributed by atoms with van der Waals surface area (Å²) >= 11 is 0. The third-order valence-corrected chi connectivity index (χ3v) is 2.14. The van der Waals surface area contributed by atoms with Gasteiger partial charge in [0.2, 0.25) is 0 Å². The monoisotopic (exact) mass is 193 g/mol. The van der Waals surface area contributed by atoms with Crippen LogP contribution in [0, 0.1) is 0 Å². The van der Waals surface area contributed by atoms with E-state index in [2.05, 4.69) is 5.16 Å². The fraction of sp³-hybridized carbons (Fsp3) is 0.300. The van der Waals surface area contributed by atoms with Gasteiger partial charge in [0.1, 0.15) is 0 Å². The van der Waals surface area contributed by atoms with Gasteiger partial charge < -0.3 is 14.7 Å². The van der Waals surface area contributed by atoms with Crippen LogP contribution < -0.4 is 0 Å². The third kappa shape index (κ3) is 1.19. The topological polar surface area (TPSA) is 66.5 Å². The van der Waals surface area contributed by atoms with Gasteiger partial charge >= 0.3 is 0 Å². The van der Waals surface area contributed by atoms with Crippen LogP contribution in [-0.4, -0.2) is 15.4 Å². The van der Waals surface area contributed by atoms with Crippen molar-refractivity contribution >= 4 is 11.0 Å². The number of aromatic nitrogens is 1. The van der Waals surface area contributed by atoms with E-state index in [9.17, 15) is 10.2 Å². The Kier molecular flexibility index (Phi) is 1.84. The lowest BCUT2D eigenvalue weighted by Crippen LogP contribution is -1.86. The number of hydrogen-bond donors (Lipinski definition) is 2. The van der Waals surface area contributed by atoms with Crippen LogP contribution in [0.3, 0.4) is 0 Å². The van der Waals surface area contributed by atoms with Crippen LogP contribution in [0.4, 0.5) is 0 Å². The number of phenols is 2. The van der Waals surface area contributed by atoms with Crippen molar-refractivity contribution in [1.29, 1.82) is 0 Å². The van der Waals surface area contributed by atoms with E-state index in [4.69, 9.17) is 4.52 Å². The molecule has 0 radical (unpaired) electrons. The molecule has 0 saturated heterocycles. The molecular weight excluding hydrogens is 182 g/mol. The number of aromatic hydroxyl groups is 2. The number of rotatable bonds is 1. The van der Waals surface area contributed by atoms with E-state index in [0.717, 1.165) is 11.1 Å². The summed E-state index contributed by atoms with van der Waals surface area (Å²) in [5.41, 5.74) is 1.28. The van der Waals surface area contributed by atoms with Crippen molar-refractivity contribution in [3.8, 4) is 11.5 Å². The van der Waals surface area contributed by atoms with E-state index >= 15 is 0 Å². The Morgan fingerprint density at radius 1 is 1.21 bits per heavy atom. The molecule has 14 heavy (non-hydrogen) atoms. The van der Waals surface area contributed by atoms with Gasteiger partial charge in [-0.3, -0.25) is 0 Å². The lowest BCUT2D eigenvalue weighted by Gasteiger charge is -1.99. The summed E-state index contributed by atoms with van der Waals surface area (Å²) in [5, 5.41) is 23.2. The van der Waals surface area contributed by atoms with Gasteiger partial charge in [-0.15, -0.1) is 0 Å². The molecule has 2 aromatic rings. The summed E-state index contributed by atoms with van der Waals surface area (Å²) in [6, 6.07) is 2.83. The summed E-state index contributed by atoms with van der Waals surface area (Å²) in [7, 11) is 0. The molecule has 0 unspecified atom stereocenters. The Balaban J connectivity index is 2.74. The second-order valence-electron chi connectivity index (χ2n) is 3.56. The molecule has 0 spiro atoms. The van der Waals surface area contributed by atoms with Gasteiger partial charge in [0.15, 0.2) is 17.1 Å². The highest BCUT2D eigenvalue weighted by Gasteiger charge is 2.14.